The fraction of sp³-hybridized carbons (Fsp3) is 0.692. The first-order valence-corrected chi connectivity index (χ1v) is 12.5. The van der Waals surface area contributed by atoms with Crippen LogP contribution < -0.4 is 0 Å². The quantitative estimate of drug-likeness (QED) is 0.653. The zero-order chi connectivity index (χ0) is 23.6. The molecular weight excluding hydrogens is 416 g/mol. The van der Waals surface area contributed by atoms with Crippen molar-refractivity contribution in [1.82, 2.24) is 19.6 Å². The molecule has 0 radical (unpaired) electrons. The van der Waals surface area contributed by atoms with Gasteiger partial charge >= 0.3 is 6.03 Å². The number of carbonyl (C=O) groups is 2. The summed E-state index contributed by atoms with van der Waals surface area (Å²) in [4.78, 5) is 34.0. The minimum absolute atomic E-state index is 0.0183. The highest BCUT2D eigenvalue weighted by Crippen LogP contribution is 2.49. The molecule has 7 nitrogen and oxygen atoms in total. The summed E-state index contributed by atoms with van der Waals surface area (Å²) in [6, 6.07) is 10.8. The maximum atomic E-state index is 13.6. The van der Waals surface area contributed by atoms with Crippen LogP contribution in [-0.4, -0.2) is 96.1 Å². The number of nitrogens with zero attached hydrogens (tertiary/aromatic N) is 4. The molecule has 1 aromatic rings. The van der Waals surface area contributed by atoms with E-state index in [1.807, 2.05) is 0 Å². The number of benzene rings is 1. The highest BCUT2D eigenvalue weighted by molar-refractivity contribution is 5.86. The summed E-state index contributed by atoms with van der Waals surface area (Å²) in [5.74, 6) is 0.481. The van der Waals surface area contributed by atoms with E-state index in [1.54, 1.807) is 11.9 Å². The molecule has 1 spiro atoms. The van der Waals surface area contributed by atoms with Crippen molar-refractivity contribution < 1.29 is 14.7 Å². The minimum atomic E-state index is -0.198. The van der Waals surface area contributed by atoms with Crippen molar-refractivity contribution in [2.45, 2.75) is 56.0 Å². The standard InChI is InChI=1S/C26H40N4O3/c1-27(2)26(22-10-5-4-6-11-22)14-12-25(13-15-26)20-29(19-23(32)28(3)16-17-31)24(33)30(25)18-21-8-7-9-21/h4-6,10-11,21,31H,7-9,12-20H2,1-3H3. The third-order valence-corrected chi connectivity index (χ3v) is 8.59. The van der Waals surface area contributed by atoms with Gasteiger partial charge < -0.3 is 19.8 Å². The van der Waals surface area contributed by atoms with E-state index in [1.165, 1.54) is 29.7 Å². The second kappa shape index (κ2) is 9.63. The molecule has 1 saturated heterocycles. The highest BCUT2D eigenvalue weighted by atomic mass is 16.3. The van der Waals surface area contributed by atoms with Crippen LogP contribution in [0.3, 0.4) is 0 Å². The smallest absolute Gasteiger partial charge is 0.321 e. The Kier molecular flexibility index (Phi) is 7.01. The minimum Gasteiger partial charge on any atom is -0.395 e. The Morgan fingerprint density at radius 3 is 2.30 bits per heavy atom. The Hall–Kier alpha value is -2.12. The Balaban J connectivity index is 1.55. The van der Waals surface area contributed by atoms with Crippen molar-refractivity contribution in [3.63, 3.8) is 0 Å². The van der Waals surface area contributed by atoms with Crippen molar-refractivity contribution >= 4 is 11.9 Å². The van der Waals surface area contributed by atoms with Crippen LogP contribution in [-0.2, 0) is 10.3 Å². The molecule has 0 aromatic heterocycles. The van der Waals surface area contributed by atoms with E-state index in [9.17, 15) is 14.7 Å². The Labute approximate surface area is 198 Å². The van der Waals surface area contributed by atoms with E-state index >= 15 is 0 Å². The number of aliphatic hydroxyl groups is 1. The fourth-order valence-corrected chi connectivity index (χ4v) is 6.07. The van der Waals surface area contributed by atoms with Crippen molar-refractivity contribution in [1.29, 1.82) is 0 Å². The molecule has 0 unspecified atom stereocenters. The highest BCUT2D eigenvalue weighted by Gasteiger charge is 2.55. The third kappa shape index (κ3) is 4.50. The molecule has 3 fully saturated rings. The molecule has 1 aliphatic heterocycles. The van der Waals surface area contributed by atoms with E-state index in [0.29, 0.717) is 19.0 Å². The molecule has 1 aromatic carbocycles. The number of urea groups is 1. The van der Waals surface area contributed by atoms with Crippen LogP contribution in [0, 0.1) is 5.92 Å². The first kappa shape index (κ1) is 24.0. The van der Waals surface area contributed by atoms with Crippen LogP contribution in [0.25, 0.3) is 0 Å². The second-order valence-electron chi connectivity index (χ2n) is 10.6. The van der Waals surface area contributed by atoms with Gasteiger partial charge in [0.05, 0.1) is 12.1 Å². The molecule has 1 heterocycles. The predicted molar refractivity (Wildman–Crippen MR) is 129 cm³/mol. The van der Waals surface area contributed by atoms with Crippen molar-refractivity contribution in [3.8, 4) is 0 Å². The molecule has 2 aliphatic carbocycles. The van der Waals surface area contributed by atoms with Crippen molar-refractivity contribution in [3.05, 3.63) is 35.9 Å². The molecule has 3 amide bonds. The fourth-order valence-electron chi connectivity index (χ4n) is 6.07. The van der Waals surface area contributed by atoms with Crippen LogP contribution in [0.4, 0.5) is 4.79 Å². The van der Waals surface area contributed by atoms with E-state index in [0.717, 1.165) is 32.2 Å². The normalized spacial score (nSPS) is 28.0. The number of hydrogen-bond donors (Lipinski definition) is 1. The van der Waals surface area contributed by atoms with Crippen LogP contribution in [0.5, 0.6) is 0 Å². The van der Waals surface area contributed by atoms with E-state index < -0.39 is 0 Å². The van der Waals surface area contributed by atoms with Gasteiger partial charge in [0.2, 0.25) is 5.91 Å². The number of amides is 3. The largest absolute Gasteiger partial charge is 0.395 e. The van der Waals surface area contributed by atoms with Gasteiger partial charge in [0.25, 0.3) is 0 Å². The lowest BCUT2D eigenvalue weighted by Crippen LogP contribution is -2.56. The summed E-state index contributed by atoms with van der Waals surface area (Å²) in [7, 11) is 6.02. The van der Waals surface area contributed by atoms with E-state index in [2.05, 4.69) is 54.2 Å². The molecule has 0 atom stereocenters. The summed E-state index contributed by atoms with van der Waals surface area (Å²) >= 11 is 0. The molecule has 33 heavy (non-hydrogen) atoms. The molecule has 4 rings (SSSR count). The number of carbonyl (C=O) groups excluding carboxylic acids is 2. The van der Waals surface area contributed by atoms with E-state index in [4.69, 9.17) is 0 Å². The first-order valence-electron chi connectivity index (χ1n) is 12.5. The maximum absolute atomic E-state index is 13.6. The number of aliphatic hydroxyl groups excluding tert-OH is 1. The van der Waals surface area contributed by atoms with Crippen molar-refractivity contribution in [2.75, 3.05) is 53.9 Å². The van der Waals surface area contributed by atoms with Gasteiger partial charge in [-0.05, 0) is 64.1 Å². The first-order chi connectivity index (χ1) is 15.8. The lowest BCUT2D eigenvalue weighted by atomic mass is 9.68. The van der Waals surface area contributed by atoms with Gasteiger partial charge in [-0.1, -0.05) is 36.8 Å². The van der Waals surface area contributed by atoms with Crippen molar-refractivity contribution in [2.24, 2.45) is 5.92 Å². The number of hydrogen-bond acceptors (Lipinski definition) is 4. The molecule has 2 saturated carbocycles. The monoisotopic (exact) mass is 456 g/mol. The number of rotatable bonds is 8. The van der Waals surface area contributed by atoms with Gasteiger partial charge in [0.15, 0.2) is 0 Å². The Morgan fingerprint density at radius 1 is 1.09 bits per heavy atom. The zero-order valence-electron chi connectivity index (χ0n) is 20.5. The van der Waals surface area contributed by atoms with Crippen LogP contribution in [0.2, 0.25) is 0 Å². The lowest BCUT2D eigenvalue weighted by Gasteiger charge is -2.51. The van der Waals surface area contributed by atoms with Gasteiger partial charge in [0, 0.05) is 32.2 Å². The molecule has 7 heteroatoms. The van der Waals surface area contributed by atoms with Crippen LogP contribution >= 0.6 is 0 Å². The topological polar surface area (TPSA) is 67.3 Å². The summed E-state index contributed by atoms with van der Waals surface area (Å²) in [6.45, 7) is 1.75. The molecule has 3 aliphatic rings. The second-order valence-corrected chi connectivity index (χ2v) is 10.6. The SMILES string of the molecule is CN(CCO)C(=O)CN1CC2(CCC(c3ccccc3)(N(C)C)CC2)N(CC2CCC2)C1=O. The molecule has 0 bridgehead atoms. The summed E-state index contributed by atoms with van der Waals surface area (Å²) in [5, 5.41) is 9.17. The Bertz CT molecular complexity index is 831. The molecule has 1 N–H and O–H groups in total. The van der Waals surface area contributed by atoms with Crippen LogP contribution in [0.15, 0.2) is 30.3 Å². The molecular formula is C26H40N4O3. The zero-order valence-corrected chi connectivity index (χ0v) is 20.5. The van der Waals surface area contributed by atoms with Gasteiger partial charge in [-0.3, -0.25) is 9.69 Å². The third-order valence-electron chi connectivity index (χ3n) is 8.59. The van der Waals surface area contributed by atoms with Gasteiger partial charge in [-0.2, -0.15) is 0 Å². The van der Waals surface area contributed by atoms with E-state index in [-0.39, 0.29) is 36.2 Å². The predicted octanol–water partition coefficient (Wildman–Crippen LogP) is 2.74. The van der Waals surface area contributed by atoms with Gasteiger partial charge in [-0.25, -0.2) is 4.79 Å². The summed E-state index contributed by atoms with van der Waals surface area (Å²) in [6.07, 6.45) is 7.51. The average Bonchev–Trinajstić information content (AvgIpc) is 3.02. The summed E-state index contributed by atoms with van der Waals surface area (Å²) < 4.78 is 0. The number of likely N-dealkylation sites (N-methyl/N-ethyl adjacent to an activating group) is 1. The van der Waals surface area contributed by atoms with Crippen LogP contribution in [0.1, 0.15) is 50.5 Å². The average molecular weight is 457 g/mol. The Morgan fingerprint density at radius 2 is 1.76 bits per heavy atom. The van der Waals surface area contributed by atoms with Gasteiger partial charge in [-0.15, -0.1) is 0 Å². The lowest BCUT2D eigenvalue weighted by molar-refractivity contribution is -0.130. The van der Waals surface area contributed by atoms with Gasteiger partial charge in [0.1, 0.15) is 6.54 Å². The molecule has 182 valence electrons. The maximum Gasteiger partial charge on any atom is 0.321 e. The summed E-state index contributed by atoms with van der Waals surface area (Å²) in [5.41, 5.74) is 1.12.